The zero-order valence-electron chi connectivity index (χ0n) is 12.6. The molecule has 1 aromatic heterocycles. The number of nitrogens with zero attached hydrogens (tertiary/aromatic N) is 2. The zero-order chi connectivity index (χ0) is 15.1. The molecule has 4 nitrogen and oxygen atoms in total. The Morgan fingerprint density at radius 1 is 1.24 bits per heavy atom. The van der Waals surface area contributed by atoms with Crippen LogP contribution in [0.3, 0.4) is 0 Å². The maximum Gasteiger partial charge on any atom is 0.145 e. The van der Waals surface area contributed by atoms with Crippen molar-refractivity contribution in [1.29, 1.82) is 0 Å². The Bertz CT molecular complexity index is 543. The van der Waals surface area contributed by atoms with Crippen LogP contribution in [0.1, 0.15) is 18.9 Å². The van der Waals surface area contributed by atoms with Gasteiger partial charge < -0.3 is 14.7 Å². The van der Waals surface area contributed by atoms with Gasteiger partial charge in [0, 0.05) is 24.8 Å². The fourth-order valence-electron chi connectivity index (χ4n) is 2.05. The number of hydrogen-bond donors (Lipinski definition) is 1. The first kappa shape index (κ1) is 15.5. The van der Waals surface area contributed by atoms with E-state index in [1.165, 1.54) is 0 Å². The second-order valence-electron chi connectivity index (χ2n) is 5.27. The fraction of sp³-hybridized carbons (Fsp3) is 0.353. The summed E-state index contributed by atoms with van der Waals surface area (Å²) >= 11 is 0. The Morgan fingerprint density at radius 3 is 2.76 bits per heavy atom. The maximum absolute atomic E-state index is 9.36. The quantitative estimate of drug-likeness (QED) is 0.849. The average molecular weight is 286 g/mol. The van der Waals surface area contributed by atoms with Crippen molar-refractivity contribution in [3.63, 3.8) is 0 Å². The standard InChI is InChI=1S/C17H22N2O2/c1-14(20)9-11-19(2)13-15-6-3-4-8-17(15)21-16-7-5-10-18-12-16/h3-8,10,12,14,20H,9,11,13H2,1-2H3. The summed E-state index contributed by atoms with van der Waals surface area (Å²) in [5.74, 6) is 1.57. The van der Waals surface area contributed by atoms with E-state index >= 15 is 0 Å². The number of benzene rings is 1. The van der Waals surface area contributed by atoms with Crippen LogP contribution in [0, 0.1) is 0 Å². The number of aliphatic hydroxyl groups excluding tert-OH is 1. The van der Waals surface area contributed by atoms with Crippen molar-refractivity contribution >= 4 is 0 Å². The first-order valence-corrected chi connectivity index (χ1v) is 7.17. The van der Waals surface area contributed by atoms with Gasteiger partial charge in [-0.2, -0.15) is 0 Å². The third-order valence-electron chi connectivity index (χ3n) is 3.20. The van der Waals surface area contributed by atoms with Gasteiger partial charge in [0.1, 0.15) is 11.5 Å². The molecule has 4 heteroatoms. The predicted molar refractivity (Wildman–Crippen MR) is 83.4 cm³/mol. The van der Waals surface area contributed by atoms with E-state index in [9.17, 15) is 5.11 Å². The SMILES string of the molecule is CC(O)CCN(C)Cc1ccccc1Oc1cccnc1. The smallest absolute Gasteiger partial charge is 0.145 e. The molecule has 1 atom stereocenters. The van der Waals surface area contributed by atoms with E-state index in [4.69, 9.17) is 4.74 Å². The van der Waals surface area contributed by atoms with E-state index in [0.717, 1.165) is 36.6 Å². The molecule has 1 unspecified atom stereocenters. The summed E-state index contributed by atoms with van der Waals surface area (Å²) in [4.78, 5) is 6.24. The molecule has 112 valence electrons. The van der Waals surface area contributed by atoms with E-state index in [1.54, 1.807) is 12.4 Å². The lowest BCUT2D eigenvalue weighted by molar-refractivity contribution is 0.162. The normalized spacial score (nSPS) is 12.4. The van der Waals surface area contributed by atoms with Gasteiger partial charge in [0.15, 0.2) is 0 Å². The summed E-state index contributed by atoms with van der Waals surface area (Å²) in [6, 6.07) is 11.7. The molecule has 0 aliphatic heterocycles. The molecule has 0 aliphatic carbocycles. The van der Waals surface area contributed by atoms with Gasteiger partial charge >= 0.3 is 0 Å². The van der Waals surface area contributed by atoms with E-state index in [2.05, 4.69) is 16.0 Å². The molecule has 0 saturated heterocycles. The van der Waals surface area contributed by atoms with Gasteiger partial charge in [-0.3, -0.25) is 4.98 Å². The highest BCUT2D eigenvalue weighted by Gasteiger charge is 2.08. The van der Waals surface area contributed by atoms with Gasteiger partial charge in [-0.15, -0.1) is 0 Å². The first-order valence-electron chi connectivity index (χ1n) is 7.17. The molecular formula is C17H22N2O2. The molecular weight excluding hydrogens is 264 g/mol. The molecule has 0 aliphatic rings. The predicted octanol–water partition coefficient (Wildman–Crippen LogP) is 3.08. The van der Waals surface area contributed by atoms with Gasteiger partial charge in [-0.25, -0.2) is 0 Å². The Hall–Kier alpha value is -1.91. The molecule has 0 saturated carbocycles. The van der Waals surface area contributed by atoms with Crippen LogP contribution in [0.2, 0.25) is 0 Å². The number of ether oxygens (including phenoxy) is 1. The van der Waals surface area contributed by atoms with Gasteiger partial charge in [0.05, 0.1) is 12.3 Å². The highest BCUT2D eigenvalue weighted by molar-refractivity contribution is 5.36. The molecule has 21 heavy (non-hydrogen) atoms. The minimum absolute atomic E-state index is 0.269. The molecule has 0 fully saturated rings. The summed E-state index contributed by atoms with van der Waals surface area (Å²) < 4.78 is 5.90. The third-order valence-corrected chi connectivity index (χ3v) is 3.20. The van der Waals surface area contributed by atoms with E-state index in [0.29, 0.717) is 0 Å². The van der Waals surface area contributed by atoms with E-state index in [1.807, 2.05) is 44.3 Å². The zero-order valence-corrected chi connectivity index (χ0v) is 12.6. The summed E-state index contributed by atoms with van der Waals surface area (Å²) in [7, 11) is 2.04. The Balaban J connectivity index is 2.03. The molecule has 1 heterocycles. The van der Waals surface area contributed by atoms with Crippen molar-refractivity contribution in [1.82, 2.24) is 9.88 Å². The van der Waals surface area contributed by atoms with Gasteiger partial charge in [0.25, 0.3) is 0 Å². The molecule has 2 rings (SSSR count). The second kappa shape index (κ2) is 7.76. The van der Waals surface area contributed by atoms with Crippen molar-refractivity contribution in [3.8, 4) is 11.5 Å². The number of para-hydroxylation sites is 1. The molecule has 2 aromatic rings. The largest absolute Gasteiger partial charge is 0.455 e. The Labute approximate surface area is 126 Å². The summed E-state index contributed by atoms with van der Waals surface area (Å²) in [6.45, 7) is 3.44. The van der Waals surface area contributed by atoms with Crippen LogP contribution < -0.4 is 4.74 Å². The van der Waals surface area contributed by atoms with Crippen molar-refractivity contribution < 1.29 is 9.84 Å². The molecule has 0 radical (unpaired) electrons. The summed E-state index contributed by atoms with van der Waals surface area (Å²) in [5, 5.41) is 9.36. The second-order valence-corrected chi connectivity index (χ2v) is 5.27. The molecule has 0 spiro atoms. The number of pyridine rings is 1. The van der Waals surface area contributed by atoms with Crippen LogP contribution in [-0.4, -0.2) is 34.7 Å². The number of rotatable bonds is 7. The average Bonchev–Trinajstić information content (AvgIpc) is 2.48. The molecule has 0 amide bonds. The van der Waals surface area contributed by atoms with Crippen molar-refractivity contribution in [2.45, 2.75) is 26.0 Å². The monoisotopic (exact) mass is 286 g/mol. The van der Waals surface area contributed by atoms with Crippen LogP contribution in [0.4, 0.5) is 0 Å². The van der Waals surface area contributed by atoms with Crippen LogP contribution in [-0.2, 0) is 6.54 Å². The van der Waals surface area contributed by atoms with Gasteiger partial charge in [0.2, 0.25) is 0 Å². The lowest BCUT2D eigenvalue weighted by Gasteiger charge is -2.19. The van der Waals surface area contributed by atoms with Crippen LogP contribution in [0.15, 0.2) is 48.8 Å². The highest BCUT2D eigenvalue weighted by Crippen LogP contribution is 2.25. The van der Waals surface area contributed by atoms with Crippen molar-refractivity contribution in [2.24, 2.45) is 0 Å². The molecule has 0 bridgehead atoms. The van der Waals surface area contributed by atoms with E-state index < -0.39 is 0 Å². The molecule has 1 N–H and O–H groups in total. The van der Waals surface area contributed by atoms with Gasteiger partial charge in [-0.1, -0.05) is 18.2 Å². The summed E-state index contributed by atoms with van der Waals surface area (Å²) in [5.41, 5.74) is 1.12. The maximum atomic E-state index is 9.36. The van der Waals surface area contributed by atoms with Crippen LogP contribution in [0.25, 0.3) is 0 Å². The van der Waals surface area contributed by atoms with E-state index in [-0.39, 0.29) is 6.10 Å². The molecule has 1 aromatic carbocycles. The number of aromatic nitrogens is 1. The highest BCUT2D eigenvalue weighted by atomic mass is 16.5. The van der Waals surface area contributed by atoms with Crippen LogP contribution >= 0.6 is 0 Å². The summed E-state index contributed by atoms with van der Waals surface area (Å²) in [6.07, 6.45) is 3.92. The number of aliphatic hydroxyl groups is 1. The number of hydrogen-bond acceptors (Lipinski definition) is 4. The van der Waals surface area contributed by atoms with Crippen LogP contribution in [0.5, 0.6) is 11.5 Å². The fourth-order valence-corrected chi connectivity index (χ4v) is 2.05. The van der Waals surface area contributed by atoms with Gasteiger partial charge in [-0.05, 0) is 38.6 Å². The third kappa shape index (κ3) is 5.17. The topological polar surface area (TPSA) is 45.6 Å². The lowest BCUT2D eigenvalue weighted by Crippen LogP contribution is -2.22. The van der Waals surface area contributed by atoms with Crippen molar-refractivity contribution in [2.75, 3.05) is 13.6 Å². The first-order chi connectivity index (χ1) is 10.1. The minimum Gasteiger partial charge on any atom is -0.455 e. The Kier molecular flexibility index (Phi) is 5.72. The van der Waals surface area contributed by atoms with Crippen molar-refractivity contribution in [3.05, 3.63) is 54.4 Å². The lowest BCUT2D eigenvalue weighted by atomic mass is 10.2. The minimum atomic E-state index is -0.269. The Morgan fingerprint density at radius 2 is 2.05 bits per heavy atom.